The van der Waals surface area contributed by atoms with Crippen LogP contribution in [0.1, 0.15) is 25.7 Å². The highest BCUT2D eigenvalue weighted by molar-refractivity contribution is 8.00. The van der Waals surface area contributed by atoms with Crippen LogP contribution in [0.5, 0.6) is 0 Å². The number of thioether (sulfide) groups is 1. The van der Waals surface area contributed by atoms with Crippen LogP contribution in [0.2, 0.25) is 0 Å². The summed E-state index contributed by atoms with van der Waals surface area (Å²) in [5.74, 6) is -0.155. The van der Waals surface area contributed by atoms with Gasteiger partial charge >= 0.3 is 0 Å². The van der Waals surface area contributed by atoms with Crippen LogP contribution in [-0.4, -0.2) is 11.3 Å². The number of rotatable bonds is 3. The monoisotopic (exact) mass is 237 g/mol. The molecule has 0 atom stereocenters. The SMILES string of the molecule is NCC1(Sc2cccc(F)c2)CC2(CC2)C1. The lowest BCUT2D eigenvalue weighted by atomic mass is 9.71. The predicted molar refractivity (Wildman–Crippen MR) is 64.9 cm³/mol. The molecule has 86 valence electrons. The average molecular weight is 237 g/mol. The van der Waals surface area contributed by atoms with E-state index >= 15 is 0 Å². The van der Waals surface area contributed by atoms with Crippen LogP contribution in [0.4, 0.5) is 4.39 Å². The molecule has 2 saturated carbocycles. The van der Waals surface area contributed by atoms with Gasteiger partial charge in [-0.2, -0.15) is 0 Å². The second-order valence-electron chi connectivity index (χ2n) is 5.30. The average Bonchev–Trinajstić information content (AvgIpc) is 2.97. The Morgan fingerprint density at radius 1 is 1.31 bits per heavy atom. The Balaban J connectivity index is 1.73. The summed E-state index contributed by atoms with van der Waals surface area (Å²) in [7, 11) is 0. The quantitative estimate of drug-likeness (QED) is 0.873. The van der Waals surface area contributed by atoms with Crippen molar-refractivity contribution in [3.05, 3.63) is 30.1 Å². The van der Waals surface area contributed by atoms with Gasteiger partial charge < -0.3 is 5.73 Å². The maximum Gasteiger partial charge on any atom is 0.124 e. The number of nitrogens with two attached hydrogens (primary N) is 1. The van der Waals surface area contributed by atoms with E-state index in [0.717, 1.165) is 4.90 Å². The van der Waals surface area contributed by atoms with Gasteiger partial charge in [0.1, 0.15) is 5.82 Å². The molecule has 0 unspecified atom stereocenters. The zero-order valence-electron chi connectivity index (χ0n) is 9.21. The van der Waals surface area contributed by atoms with E-state index in [1.807, 2.05) is 6.07 Å². The van der Waals surface area contributed by atoms with E-state index < -0.39 is 0 Å². The summed E-state index contributed by atoms with van der Waals surface area (Å²) in [6, 6.07) is 6.85. The molecule has 0 amide bonds. The van der Waals surface area contributed by atoms with E-state index in [1.165, 1.54) is 31.7 Å². The Bertz CT molecular complexity index is 406. The van der Waals surface area contributed by atoms with Crippen LogP contribution < -0.4 is 5.73 Å². The van der Waals surface area contributed by atoms with Gasteiger partial charge in [0.2, 0.25) is 0 Å². The molecule has 0 saturated heterocycles. The van der Waals surface area contributed by atoms with Crippen LogP contribution >= 0.6 is 11.8 Å². The van der Waals surface area contributed by atoms with Gasteiger partial charge in [0.15, 0.2) is 0 Å². The van der Waals surface area contributed by atoms with Crippen molar-refractivity contribution >= 4 is 11.8 Å². The third-order valence-corrected chi connectivity index (χ3v) is 5.23. The molecule has 3 rings (SSSR count). The first-order valence-electron chi connectivity index (χ1n) is 5.80. The largest absolute Gasteiger partial charge is 0.329 e. The Labute approximate surface area is 99.6 Å². The molecule has 16 heavy (non-hydrogen) atoms. The summed E-state index contributed by atoms with van der Waals surface area (Å²) < 4.78 is 13.3. The zero-order valence-corrected chi connectivity index (χ0v) is 10.0. The first-order chi connectivity index (χ1) is 7.65. The number of halogens is 1. The van der Waals surface area contributed by atoms with Crippen molar-refractivity contribution in [2.24, 2.45) is 11.1 Å². The van der Waals surface area contributed by atoms with Gasteiger partial charge in [-0.05, 0) is 49.3 Å². The molecule has 2 aliphatic carbocycles. The van der Waals surface area contributed by atoms with Gasteiger partial charge in [-0.15, -0.1) is 11.8 Å². The summed E-state index contributed by atoms with van der Waals surface area (Å²) >= 11 is 1.77. The fourth-order valence-corrected chi connectivity index (χ4v) is 4.54. The fourth-order valence-electron chi connectivity index (χ4n) is 2.88. The maximum atomic E-state index is 13.1. The normalized spacial score (nSPS) is 24.1. The summed E-state index contributed by atoms with van der Waals surface area (Å²) in [5, 5.41) is 0. The van der Waals surface area contributed by atoms with Crippen molar-refractivity contribution in [2.75, 3.05) is 6.54 Å². The van der Waals surface area contributed by atoms with Crippen molar-refractivity contribution in [1.82, 2.24) is 0 Å². The van der Waals surface area contributed by atoms with Crippen LogP contribution in [0.3, 0.4) is 0 Å². The minimum absolute atomic E-state index is 0.155. The zero-order chi connectivity index (χ0) is 11.2. The first kappa shape index (κ1) is 10.6. The molecule has 2 N–H and O–H groups in total. The van der Waals surface area contributed by atoms with Crippen LogP contribution in [0, 0.1) is 11.2 Å². The van der Waals surface area contributed by atoms with Crippen LogP contribution in [-0.2, 0) is 0 Å². The Morgan fingerprint density at radius 3 is 2.62 bits per heavy atom. The van der Waals surface area contributed by atoms with E-state index in [0.29, 0.717) is 12.0 Å². The fraction of sp³-hybridized carbons (Fsp3) is 0.538. The highest BCUT2D eigenvalue weighted by Crippen LogP contribution is 2.69. The molecule has 0 aliphatic heterocycles. The highest BCUT2D eigenvalue weighted by atomic mass is 32.2. The minimum Gasteiger partial charge on any atom is -0.329 e. The number of benzene rings is 1. The molecular weight excluding hydrogens is 221 g/mol. The van der Waals surface area contributed by atoms with Gasteiger partial charge in [0.25, 0.3) is 0 Å². The molecule has 3 heteroatoms. The Hall–Kier alpha value is -0.540. The van der Waals surface area contributed by atoms with Crippen LogP contribution in [0.25, 0.3) is 0 Å². The third kappa shape index (κ3) is 1.76. The Morgan fingerprint density at radius 2 is 2.06 bits per heavy atom. The minimum atomic E-state index is -0.155. The van der Waals surface area contributed by atoms with Crippen molar-refractivity contribution < 1.29 is 4.39 Å². The predicted octanol–water partition coefficient (Wildman–Crippen LogP) is 3.19. The lowest BCUT2D eigenvalue weighted by molar-refractivity contribution is 0.210. The summed E-state index contributed by atoms with van der Waals surface area (Å²) in [6.07, 6.45) is 5.19. The number of hydrogen-bond donors (Lipinski definition) is 1. The second-order valence-corrected chi connectivity index (χ2v) is 6.84. The maximum absolute atomic E-state index is 13.1. The van der Waals surface area contributed by atoms with Gasteiger partial charge in [0.05, 0.1) is 0 Å². The van der Waals surface area contributed by atoms with E-state index in [9.17, 15) is 4.39 Å². The second kappa shape index (κ2) is 3.47. The highest BCUT2D eigenvalue weighted by Gasteiger charge is 2.60. The number of hydrogen-bond acceptors (Lipinski definition) is 2. The molecule has 1 aromatic rings. The molecule has 0 heterocycles. The van der Waals surface area contributed by atoms with Crippen molar-refractivity contribution in [1.29, 1.82) is 0 Å². The van der Waals surface area contributed by atoms with E-state index in [-0.39, 0.29) is 10.6 Å². The molecule has 0 radical (unpaired) electrons. The lowest BCUT2D eigenvalue weighted by Crippen LogP contribution is -2.48. The molecule has 1 spiro atoms. The third-order valence-electron chi connectivity index (χ3n) is 3.85. The lowest BCUT2D eigenvalue weighted by Gasteiger charge is -2.47. The van der Waals surface area contributed by atoms with E-state index in [2.05, 4.69) is 0 Å². The standard InChI is InChI=1S/C13H16FNS/c14-10-2-1-3-11(6-10)16-13(9-15)7-12(8-13)4-5-12/h1-3,6H,4-5,7-9,15H2. The van der Waals surface area contributed by atoms with Crippen molar-refractivity contribution in [3.8, 4) is 0 Å². The summed E-state index contributed by atoms with van der Waals surface area (Å²) in [4.78, 5) is 1.01. The summed E-state index contributed by atoms with van der Waals surface area (Å²) in [6.45, 7) is 0.704. The van der Waals surface area contributed by atoms with Gasteiger partial charge in [-0.1, -0.05) is 6.07 Å². The van der Waals surface area contributed by atoms with E-state index in [4.69, 9.17) is 5.73 Å². The van der Waals surface area contributed by atoms with Gasteiger partial charge in [-0.25, -0.2) is 4.39 Å². The van der Waals surface area contributed by atoms with Crippen LogP contribution in [0.15, 0.2) is 29.2 Å². The Kier molecular flexibility index (Phi) is 2.30. The molecule has 2 aliphatic rings. The molecular formula is C13H16FNS. The van der Waals surface area contributed by atoms with Crippen molar-refractivity contribution in [3.63, 3.8) is 0 Å². The van der Waals surface area contributed by atoms with Gasteiger partial charge in [-0.3, -0.25) is 0 Å². The molecule has 1 nitrogen and oxygen atoms in total. The van der Waals surface area contributed by atoms with Gasteiger partial charge in [0, 0.05) is 16.2 Å². The molecule has 2 fully saturated rings. The molecule has 0 aromatic heterocycles. The molecule has 0 bridgehead atoms. The smallest absolute Gasteiger partial charge is 0.124 e. The van der Waals surface area contributed by atoms with Crippen molar-refractivity contribution in [2.45, 2.75) is 35.3 Å². The topological polar surface area (TPSA) is 26.0 Å². The summed E-state index contributed by atoms with van der Waals surface area (Å²) in [5.41, 5.74) is 6.53. The van der Waals surface area contributed by atoms with E-state index in [1.54, 1.807) is 23.9 Å². The molecule has 1 aromatic carbocycles. The first-order valence-corrected chi connectivity index (χ1v) is 6.62.